The summed E-state index contributed by atoms with van der Waals surface area (Å²) in [4.78, 5) is 21.5. The van der Waals surface area contributed by atoms with Crippen LogP contribution in [0.5, 0.6) is 0 Å². The lowest BCUT2D eigenvalue weighted by Crippen LogP contribution is -2.25. The zero-order valence-corrected chi connectivity index (χ0v) is 6.73. The van der Waals surface area contributed by atoms with Crippen molar-refractivity contribution in [2.75, 3.05) is 12.3 Å². The molecule has 0 aromatic rings. The third-order valence-electron chi connectivity index (χ3n) is 1.33. The predicted molar refractivity (Wildman–Crippen MR) is 41.0 cm³/mol. The summed E-state index contributed by atoms with van der Waals surface area (Å²) in [5.74, 6) is 0.229. The molecule has 0 amide bonds. The molecule has 1 aliphatic rings. The fourth-order valence-electron chi connectivity index (χ4n) is 0.791. The van der Waals surface area contributed by atoms with Gasteiger partial charge in [0.2, 0.25) is 5.12 Å². The Hall–Kier alpha value is -0.550. The number of carbonyl (C=O) groups excluding carboxylic acids is 2. The Morgan fingerprint density at radius 1 is 1.82 bits per heavy atom. The fraction of sp³-hybridized carbons (Fsp3) is 0.667. The van der Waals surface area contributed by atoms with Gasteiger partial charge in [0, 0.05) is 12.2 Å². The van der Waals surface area contributed by atoms with Gasteiger partial charge in [0.15, 0.2) is 6.10 Å². The van der Waals surface area contributed by atoms with Gasteiger partial charge in [-0.3, -0.25) is 9.59 Å². The Morgan fingerprint density at radius 3 is 3.00 bits per heavy atom. The molecule has 11 heavy (non-hydrogen) atoms. The van der Waals surface area contributed by atoms with Gasteiger partial charge in [-0.05, 0) is 0 Å². The summed E-state index contributed by atoms with van der Waals surface area (Å²) in [6, 6.07) is 0. The molecular formula is C6H9NO3S. The minimum absolute atomic E-state index is 0.0631. The van der Waals surface area contributed by atoms with Crippen molar-refractivity contribution in [3.8, 4) is 0 Å². The van der Waals surface area contributed by atoms with Crippen LogP contribution in [0.15, 0.2) is 0 Å². The molecule has 4 nitrogen and oxygen atoms in total. The SMILES string of the molecule is NCC(=O)OC1CCSC1=O. The van der Waals surface area contributed by atoms with E-state index in [1.165, 1.54) is 11.8 Å². The number of thioether (sulfide) groups is 1. The van der Waals surface area contributed by atoms with Crippen LogP contribution in [0.2, 0.25) is 0 Å². The largest absolute Gasteiger partial charge is 0.452 e. The van der Waals surface area contributed by atoms with Gasteiger partial charge in [0.25, 0.3) is 0 Å². The second-order valence-electron chi connectivity index (χ2n) is 2.14. The maximum Gasteiger partial charge on any atom is 0.320 e. The van der Waals surface area contributed by atoms with E-state index in [-0.39, 0.29) is 11.7 Å². The molecule has 0 saturated carbocycles. The monoisotopic (exact) mass is 175 g/mol. The molecule has 1 unspecified atom stereocenters. The topological polar surface area (TPSA) is 69.4 Å². The van der Waals surface area contributed by atoms with Gasteiger partial charge in [-0.2, -0.15) is 0 Å². The highest BCUT2D eigenvalue weighted by molar-refractivity contribution is 8.14. The van der Waals surface area contributed by atoms with Crippen molar-refractivity contribution in [3.05, 3.63) is 0 Å². The molecular weight excluding hydrogens is 166 g/mol. The molecule has 0 radical (unpaired) electrons. The van der Waals surface area contributed by atoms with Crippen LogP contribution >= 0.6 is 11.8 Å². The van der Waals surface area contributed by atoms with E-state index in [0.29, 0.717) is 6.42 Å². The van der Waals surface area contributed by atoms with Crippen LogP contribution in [-0.4, -0.2) is 29.5 Å². The number of rotatable bonds is 2. The molecule has 0 aromatic carbocycles. The van der Waals surface area contributed by atoms with E-state index in [4.69, 9.17) is 10.5 Å². The molecule has 1 atom stereocenters. The Labute approximate surface area is 68.5 Å². The smallest absolute Gasteiger partial charge is 0.320 e. The standard InChI is InChI=1S/C6H9NO3S/c7-3-5(8)10-4-1-2-11-6(4)9/h4H,1-3,7H2. The highest BCUT2D eigenvalue weighted by Gasteiger charge is 2.28. The minimum atomic E-state index is -0.545. The first-order valence-corrected chi connectivity index (χ1v) is 4.29. The first kappa shape index (κ1) is 8.55. The Bertz CT molecular complexity index is 183. The summed E-state index contributed by atoms with van der Waals surface area (Å²) in [6.07, 6.45) is 0.0750. The number of hydrogen-bond acceptors (Lipinski definition) is 5. The van der Waals surface area contributed by atoms with E-state index in [1.807, 2.05) is 0 Å². The summed E-state index contributed by atoms with van der Waals surface area (Å²) in [5, 5.41) is -0.0631. The van der Waals surface area contributed by atoms with E-state index in [1.54, 1.807) is 0 Å². The van der Waals surface area contributed by atoms with Gasteiger partial charge >= 0.3 is 5.97 Å². The summed E-state index contributed by atoms with van der Waals surface area (Å²) >= 11 is 1.20. The van der Waals surface area contributed by atoms with E-state index in [2.05, 4.69) is 0 Å². The van der Waals surface area contributed by atoms with Crippen molar-refractivity contribution in [1.29, 1.82) is 0 Å². The normalized spacial score (nSPS) is 23.7. The number of hydrogen-bond donors (Lipinski definition) is 1. The van der Waals surface area contributed by atoms with Gasteiger partial charge < -0.3 is 10.5 Å². The minimum Gasteiger partial charge on any atom is -0.452 e. The van der Waals surface area contributed by atoms with Crippen LogP contribution in [-0.2, 0) is 14.3 Å². The second kappa shape index (κ2) is 3.73. The number of ether oxygens (including phenoxy) is 1. The van der Waals surface area contributed by atoms with Crippen molar-refractivity contribution in [2.45, 2.75) is 12.5 Å². The fourth-order valence-corrected chi connectivity index (χ4v) is 1.68. The van der Waals surface area contributed by atoms with Crippen LogP contribution in [0.25, 0.3) is 0 Å². The molecule has 1 fully saturated rings. The number of esters is 1. The van der Waals surface area contributed by atoms with Crippen molar-refractivity contribution in [2.24, 2.45) is 5.73 Å². The van der Waals surface area contributed by atoms with Gasteiger partial charge in [-0.1, -0.05) is 11.8 Å². The quantitative estimate of drug-likeness (QED) is 0.574. The van der Waals surface area contributed by atoms with Crippen LogP contribution < -0.4 is 5.73 Å². The lowest BCUT2D eigenvalue weighted by atomic mass is 10.3. The zero-order valence-electron chi connectivity index (χ0n) is 5.91. The van der Waals surface area contributed by atoms with Crippen LogP contribution in [0, 0.1) is 0 Å². The van der Waals surface area contributed by atoms with Crippen LogP contribution in [0.4, 0.5) is 0 Å². The van der Waals surface area contributed by atoms with Gasteiger partial charge in [-0.15, -0.1) is 0 Å². The zero-order chi connectivity index (χ0) is 8.27. The lowest BCUT2D eigenvalue weighted by molar-refractivity contribution is -0.150. The predicted octanol–water partition coefficient (Wildman–Crippen LogP) is -0.480. The lowest BCUT2D eigenvalue weighted by Gasteiger charge is -2.06. The summed E-state index contributed by atoms with van der Waals surface area (Å²) < 4.78 is 4.74. The molecule has 2 N–H and O–H groups in total. The maximum absolute atomic E-state index is 10.9. The maximum atomic E-state index is 10.9. The first-order chi connectivity index (χ1) is 5.24. The third kappa shape index (κ3) is 2.20. The van der Waals surface area contributed by atoms with Gasteiger partial charge in [0.05, 0.1) is 6.54 Å². The highest BCUT2D eigenvalue weighted by atomic mass is 32.2. The average Bonchev–Trinajstić information content (AvgIpc) is 2.37. The molecule has 1 heterocycles. The molecule has 0 spiro atoms. The second-order valence-corrected chi connectivity index (χ2v) is 3.24. The van der Waals surface area contributed by atoms with Crippen molar-refractivity contribution in [1.82, 2.24) is 0 Å². The molecule has 1 saturated heterocycles. The molecule has 5 heteroatoms. The van der Waals surface area contributed by atoms with Gasteiger partial charge in [0.1, 0.15) is 0 Å². The summed E-state index contributed by atoms with van der Waals surface area (Å²) in [6.45, 7) is -0.158. The summed E-state index contributed by atoms with van der Waals surface area (Å²) in [7, 11) is 0. The molecule has 1 rings (SSSR count). The van der Waals surface area contributed by atoms with E-state index in [9.17, 15) is 9.59 Å². The van der Waals surface area contributed by atoms with Crippen molar-refractivity contribution in [3.63, 3.8) is 0 Å². The van der Waals surface area contributed by atoms with Crippen LogP contribution in [0.3, 0.4) is 0 Å². The van der Waals surface area contributed by atoms with Crippen molar-refractivity contribution >= 4 is 22.8 Å². The number of nitrogens with two attached hydrogens (primary N) is 1. The Balaban J connectivity index is 2.36. The van der Waals surface area contributed by atoms with Crippen LogP contribution in [0.1, 0.15) is 6.42 Å². The summed E-state index contributed by atoms with van der Waals surface area (Å²) in [5.41, 5.74) is 5.00. The third-order valence-corrected chi connectivity index (χ3v) is 2.31. The first-order valence-electron chi connectivity index (χ1n) is 3.30. The highest BCUT2D eigenvalue weighted by Crippen LogP contribution is 2.21. The Morgan fingerprint density at radius 2 is 2.55 bits per heavy atom. The van der Waals surface area contributed by atoms with E-state index in [0.717, 1.165) is 5.75 Å². The molecule has 62 valence electrons. The molecule has 0 bridgehead atoms. The Kier molecular flexibility index (Phi) is 2.90. The van der Waals surface area contributed by atoms with Crippen molar-refractivity contribution < 1.29 is 14.3 Å². The average molecular weight is 175 g/mol. The molecule has 0 aromatic heterocycles. The molecule has 0 aliphatic carbocycles. The molecule has 1 aliphatic heterocycles. The van der Waals surface area contributed by atoms with E-state index >= 15 is 0 Å². The van der Waals surface area contributed by atoms with E-state index < -0.39 is 12.1 Å². The van der Waals surface area contributed by atoms with Gasteiger partial charge in [-0.25, -0.2) is 0 Å². The number of carbonyl (C=O) groups is 2.